The van der Waals surface area contributed by atoms with Gasteiger partial charge in [-0.05, 0) is 83.6 Å². The molecule has 0 aliphatic heterocycles. The van der Waals surface area contributed by atoms with Gasteiger partial charge in [-0.25, -0.2) is 0 Å². The lowest BCUT2D eigenvalue weighted by Gasteiger charge is -2.24. The second-order valence-corrected chi connectivity index (χ2v) is 9.84. The van der Waals surface area contributed by atoms with Gasteiger partial charge in [-0.2, -0.15) is 0 Å². The van der Waals surface area contributed by atoms with Crippen LogP contribution >= 0.6 is 0 Å². The topological polar surface area (TPSA) is 139 Å². The molecule has 0 heterocycles. The molecule has 0 bridgehead atoms. The summed E-state index contributed by atoms with van der Waals surface area (Å²) >= 11 is 0. The minimum atomic E-state index is -0.316. The van der Waals surface area contributed by atoms with Crippen molar-refractivity contribution in [2.24, 2.45) is 0 Å². The van der Waals surface area contributed by atoms with Gasteiger partial charge in [0.2, 0.25) is 0 Å². The van der Waals surface area contributed by atoms with Gasteiger partial charge in [0, 0.05) is 22.5 Å². The minimum absolute atomic E-state index is 0.197. The number of fused-ring (bicyclic) bond motifs is 2. The monoisotopic (exact) mass is 538 g/mol. The second kappa shape index (κ2) is 11.0. The van der Waals surface area contributed by atoms with Gasteiger partial charge >= 0.3 is 0 Å². The maximum Gasteiger partial charge on any atom is 0.196 e. The number of hydrogen-bond donors (Lipinski definition) is 6. The maximum atomic E-state index is 13.8. The summed E-state index contributed by atoms with van der Waals surface area (Å²) in [6, 6.07) is 17.1. The largest absolute Gasteiger partial charge is 0.392 e. The fourth-order valence-corrected chi connectivity index (χ4v) is 5.22. The van der Waals surface area contributed by atoms with Crippen molar-refractivity contribution in [3.05, 3.63) is 116 Å². The molecule has 204 valence electrons. The molecule has 8 heteroatoms. The molecular weight excluding hydrogens is 508 g/mol. The summed E-state index contributed by atoms with van der Waals surface area (Å²) in [5.74, 6) is -0.631. The number of hydrogen-bond acceptors (Lipinski definition) is 8. The fraction of sp³-hybridized carbons (Fsp3) is 0.188. The highest BCUT2D eigenvalue weighted by Gasteiger charge is 2.34. The molecule has 0 fully saturated rings. The third-order valence-electron chi connectivity index (χ3n) is 7.56. The third kappa shape index (κ3) is 4.67. The van der Waals surface area contributed by atoms with Crippen molar-refractivity contribution in [2.45, 2.75) is 40.3 Å². The van der Waals surface area contributed by atoms with Crippen molar-refractivity contribution in [3.8, 4) is 0 Å². The predicted molar refractivity (Wildman–Crippen MR) is 152 cm³/mol. The van der Waals surface area contributed by atoms with Crippen LogP contribution in [0.3, 0.4) is 0 Å². The van der Waals surface area contributed by atoms with E-state index < -0.39 is 0 Å². The van der Waals surface area contributed by atoms with Gasteiger partial charge in [0.05, 0.1) is 48.9 Å². The Kier molecular flexibility index (Phi) is 7.51. The van der Waals surface area contributed by atoms with E-state index in [0.717, 1.165) is 11.1 Å². The third-order valence-corrected chi connectivity index (χ3v) is 7.56. The van der Waals surface area contributed by atoms with E-state index in [1.165, 1.54) is 0 Å². The van der Waals surface area contributed by atoms with E-state index in [0.29, 0.717) is 56.1 Å². The summed E-state index contributed by atoms with van der Waals surface area (Å²) in [6.45, 7) is 2.75. The number of benzene rings is 4. The number of nitrogens with one attached hydrogen (secondary N) is 2. The fourth-order valence-electron chi connectivity index (χ4n) is 5.22. The Labute approximate surface area is 231 Å². The zero-order valence-electron chi connectivity index (χ0n) is 22.2. The molecule has 1 aliphatic carbocycles. The zero-order chi connectivity index (χ0) is 28.6. The molecule has 0 unspecified atom stereocenters. The number of rotatable bonds is 8. The van der Waals surface area contributed by atoms with Crippen LogP contribution in [0.15, 0.2) is 60.7 Å². The standard InChI is InChI=1S/C32H30N2O6/c1-17-19(13-35)9-23(10-20(17)14-36)33-27-7-8-28(34-24-11-21(15-37)18(2)22(12-24)16-38)30-29(27)31(39)25-5-3-4-6-26(25)32(30)40/h3-12,33-38H,13-16H2,1-2H3. The van der Waals surface area contributed by atoms with E-state index >= 15 is 0 Å². The van der Waals surface area contributed by atoms with Crippen molar-refractivity contribution in [1.29, 1.82) is 0 Å². The van der Waals surface area contributed by atoms with E-state index in [4.69, 9.17) is 0 Å². The van der Waals surface area contributed by atoms with Crippen LogP contribution in [0.5, 0.6) is 0 Å². The first kappa shape index (κ1) is 27.2. The summed E-state index contributed by atoms with van der Waals surface area (Å²) in [7, 11) is 0. The molecule has 1 aliphatic rings. The van der Waals surface area contributed by atoms with Gasteiger partial charge < -0.3 is 31.1 Å². The Morgan fingerprint density at radius 3 is 1.18 bits per heavy atom. The predicted octanol–water partition coefficient (Wildman–Crippen LogP) is 4.54. The number of ketones is 2. The van der Waals surface area contributed by atoms with E-state index in [-0.39, 0.29) is 49.1 Å². The highest BCUT2D eigenvalue weighted by Crippen LogP contribution is 2.39. The molecule has 0 radical (unpaired) electrons. The van der Waals surface area contributed by atoms with Gasteiger partial charge in [0.1, 0.15) is 0 Å². The molecule has 40 heavy (non-hydrogen) atoms. The lowest BCUT2D eigenvalue weighted by atomic mass is 9.82. The Morgan fingerprint density at radius 2 is 0.875 bits per heavy atom. The Hall–Kier alpha value is -4.34. The first-order valence-electron chi connectivity index (χ1n) is 12.9. The average Bonchev–Trinajstić information content (AvgIpc) is 2.97. The van der Waals surface area contributed by atoms with Crippen LogP contribution in [0.25, 0.3) is 0 Å². The molecule has 4 aromatic carbocycles. The first-order valence-corrected chi connectivity index (χ1v) is 12.9. The highest BCUT2D eigenvalue weighted by atomic mass is 16.3. The average molecular weight is 539 g/mol. The molecule has 5 rings (SSSR count). The van der Waals surface area contributed by atoms with Crippen molar-refractivity contribution in [2.75, 3.05) is 10.6 Å². The van der Waals surface area contributed by atoms with E-state index in [1.807, 2.05) is 13.8 Å². The minimum Gasteiger partial charge on any atom is -0.392 e. The summed E-state index contributed by atoms with van der Waals surface area (Å²) in [6.07, 6.45) is 0. The molecule has 6 N–H and O–H groups in total. The summed E-state index contributed by atoms with van der Waals surface area (Å²) in [5.41, 5.74) is 7.00. The second-order valence-electron chi connectivity index (χ2n) is 9.84. The molecule has 0 spiro atoms. The maximum absolute atomic E-state index is 13.8. The quantitative estimate of drug-likeness (QED) is 0.169. The van der Waals surface area contributed by atoms with Crippen LogP contribution in [-0.2, 0) is 26.4 Å². The Bertz CT molecular complexity index is 1490. The van der Waals surface area contributed by atoms with E-state index in [2.05, 4.69) is 10.6 Å². The number of carbonyl (C=O) groups excluding carboxylic acids is 2. The smallest absolute Gasteiger partial charge is 0.196 e. The molecule has 4 aromatic rings. The van der Waals surface area contributed by atoms with Crippen LogP contribution < -0.4 is 10.6 Å². The molecule has 8 nitrogen and oxygen atoms in total. The first-order chi connectivity index (χ1) is 19.3. The zero-order valence-corrected chi connectivity index (χ0v) is 22.2. The molecule has 0 saturated heterocycles. The van der Waals surface area contributed by atoms with Crippen LogP contribution in [0, 0.1) is 13.8 Å². The van der Waals surface area contributed by atoms with Crippen molar-refractivity contribution in [3.63, 3.8) is 0 Å². The summed E-state index contributed by atoms with van der Waals surface area (Å²) < 4.78 is 0. The summed E-state index contributed by atoms with van der Waals surface area (Å²) in [5, 5.41) is 45.8. The highest BCUT2D eigenvalue weighted by molar-refractivity contribution is 6.32. The number of aliphatic hydroxyl groups excluding tert-OH is 4. The molecule has 0 saturated carbocycles. The molecule has 0 aromatic heterocycles. The lowest BCUT2D eigenvalue weighted by Crippen LogP contribution is -2.23. The Balaban J connectivity index is 1.67. The molecular formula is C32H30N2O6. The van der Waals surface area contributed by atoms with Crippen LogP contribution in [0.2, 0.25) is 0 Å². The van der Waals surface area contributed by atoms with Gasteiger partial charge in [-0.1, -0.05) is 24.3 Å². The molecule has 0 amide bonds. The SMILES string of the molecule is Cc1c(CO)cc(Nc2ccc(Nc3cc(CO)c(C)c(CO)c3)c3c2C(=O)c2ccccc2C3=O)cc1CO. The van der Waals surface area contributed by atoms with Crippen molar-refractivity contribution in [1.82, 2.24) is 0 Å². The Morgan fingerprint density at radius 1 is 0.550 bits per heavy atom. The van der Waals surface area contributed by atoms with Crippen LogP contribution in [0.4, 0.5) is 22.7 Å². The lowest BCUT2D eigenvalue weighted by molar-refractivity contribution is 0.0980. The number of carbonyl (C=O) groups is 2. The van der Waals surface area contributed by atoms with Gasteiger partial charge in [-0.15, -0.1) is 0 Å². The van der Waals surface area contributed by atoms with Crippen molar-refractivity contribution < 1.29 is 30.0 Å². The van der Waals surface area contributed by atoms with E-state index in [9.17, 15) is 30.0 Å². The van der Waals surface area contributed by atoms with E-state index in [1.54, 1.807) is 60.7 Å². The summed E-state index contributed by atoms with van der Waals surface area (Å²) in [4.78, 5) is 27.7. The van der Waals surface area contributed by atoms with Gasteiger partial charge in [0.15, 0.2) is 11.6 Å². The van der Waals surface area contributed by atoms with Gasteiger partial charge in [-0.3, -0.25) is 9.59 Å². The van der Waals surface area contributed by atoms with Crippen LogP contribution in [0.1, 0.15) is 65.2 Å². The van der Waals surface area contributed by atoms with Crippen molar-refractivity contribution >= 4 is 34.3 Å². The number of anilines is 4. The van der Waals surface area contributed by atoms with Gasteiger partial charge in [0.25, 0.3) is 0 Å². The number of aliphatic hydroxyl groups is 4. The normalized spacial score (nSPS) is 12.2. The molecule has 0 atom stereocenters. The van der Waals surface area contributed by atoms with Crippen LogP contribution in [-0.4, -0.2) is 32.0 Å².